The summed E-state index contributed by atoms with van der Waals surface area (Å²) >= 11 is 0. The smallest absolute Gasteiger partial charge is 0.338 e. The van der Waals surface area contributed by atoms with Crippen molar-refractivity contribution in [3.63, 3.8) is 0 Å². The SMILES string of the molecule is CCOc1ccc([C@@H]2C(C#N)=C(N)OC(C)=C2C(=O)OCc2ccccc2)cc1. The molecule has 148 valence electrons. The summed E-state index contributed by atoms with van der Waals surface area (Å²) < 4.78 is 16.5. The molecule has 29 heavy (non-hydrogen) atoms. The minimum atomic E-state index is -0.673. The van der Waals surface area contributed by atoms with Gasteiger partial charge in [-0.15, -0.1) is 0 Å². The molecule has 1 atom stereocenters. The zero-order valence-electron chi connectivity index (χ0n) is 16.3. The van der Waals surface area contributed by atoms with Crippen LogP contribution in [0.15, 0.2) is 77.4 Å². The third kappa shape index (κ3) is 4.41. The Bertz CT molecular complexity index is 986. The highest BCUT2D eigenvalue weighted by molar-refractivity contribution is 5.92. The van der Waals surface area contributed by atoms with E-state index < -0.39 is 11.9 Å². The van der Waals surface area contributed by atoms with Crippen LogP contribution in [0.2, 0.25) is 0 Å². The topological polar surface area (TPSA) is 94.6 Å². The van der Waals surface area contributed by atoms with Crippen LogP contribution in [-0.2, 0) is 20.9 Å². The lowest BCUT2D eigenvalue weighted by Gasteiger charge is -2.27. The lowest BCUT2D eigenvalue weighted by Crippen LogP contribution is -2.25. The molecule has 6 nitrogen and oxygen atoms in total. The zero-order chi connectivity index (χ0) is 20.8. The normalized spacial score (nSPS) is 16.1. The second kappa shape index (κ2) is 8.98. The van der Waals surface area contributed by atoms with Gasteiger partial charge in [-0.25, -0.2) is 4.79 Å². The molecule has 0 unspecified atom stereocenters. The molecular formula is C23H22N2O4. The predicted octanol–water partition coefficient (Wildman–Crippen LogP) is 3.91. The Hall–Kier alpha value is -3.72. The summed E-state index contributed by atoms with van der Waals surface area (Å²) in [7, 11) is 0. The number of carbonyl (C=O) groups is 1. The highest BCUT2D eigenvalue weighted by Crippen LogP contribution is 2.40. The van der Waals surface area contributed by atoms with Gasteiger partial charge in [0.15, 0.2) is 0 Å². The summed E-state index contributed by atoms with van der Waals surface area (Å²) in [6.07, 6.45) is 0. The van der Waals surface area contributed by atoms with E-state index in [1.165, 1.54) is 0 Å². The molecule has 0 spiro atoms. The van der Waals surface area contributed by atoms with Crippen molar-refractivity contribution in [2.24, 2.45) is 5.73 Å². The van der Waals surface area contributed by atoms with Gasteiger partial charge in [-0.2, -0.15) is 5.26 Å². The van der Waals surface area contributed by atoms with Gasteiger partial charge >= 0.3 is 5.97 Å². The minimum absolute atomic E-state index is 0.0107. The molecule has 1 aliphatic rings. The van der Waals surface area contributed by atoms with E-state index in [0.717, 1.165) is 11.1 Å². The maximum absolute atomic E-state index is 12.9. The molecule has 0 bridgehead atoms. The fraction of sp³-hybridized carbons (Fsp3) is 0.217. The molecule has 0 amide bonds. The summed E-state index contributed by atoms with van der Waals surface area (Å²) in [6.45, 7) is 4.20. The van der Waals surface area contributed by atoms with E-state index in [4.69, 9.17) is 19.9 Å². The van der Waals surface area contributed by atoms with E-state index in [0.29, 0.717) is 18.1 Å². The van der Waals surface area contributed by atoms with E-state index in [9.17, 15) is 10.1 Å². The molecule has 0 radical (unpaired) electrons. The number of ether oxygens (including phenoxy) is 3. The summed E-state index contributed by atoms with van der Waals surface area (Å²) in [4.78, 5) is 12.9. The van der Waals surface area contributed by atoms with Crippen molar-refractivity contribution in [1.82, 2.24) is 0 Å². The molecule has 2 aromatic carbocycles. The van der Waals surface area contributed by atoms with Crippen LogP contribution in [0.25, 0.3) is 0 Å². The number of hydrogen-bond donors (Lipinski definition) is 1. The van der Waals surface area contributed by atoms with Gasteiger partial charge < -0.3 is 19.9 Å². The lowest BCUT2D eigenvalue weighted by atomic mass is 9.83. The second-order valence-corrected chi connectivity index (χ2v) is 6.46. The van der Waals surface area contributed by atoms with Crippen LogP contribution in [-0.4, -0.2) is 12.6 Å². The van der Waals surface area contributed by atoms with Crippen LogP contribution in [0.5, 0.6) is 5.75 Å². The van der Waals surface area contributed by atoms with E-state index in [2.05, 4.69) is 6.07 Å². The predicted molar refractivity (Wildman–Crippen MR) is 107 cm³/mol. The van der Waals surface area contributed by atoms with Gasteiger partial charge in [0.1, 0.15) is 29.8 Å². The number of esters is 1. The van der Waals surface area contributed by atoms with Crippen molar-refractivity contribution in [2.75, 3.05) is 6.61 Å². The van der Waals surface area contributed by atoms with Crippen LogP contribution >= 0.6 is 0 Å². The Balaban J connectivity index is 1.92. The Morgan fingerprint density at radius 2 is 1.86 bits per heavy atom. The number of nitrogens with two attached hydrogens (primary N) is 1. The number of carbonyl (C=O) groups excluding carboxylic acids is 1. The number of hydrogen-bond acceptors (Lipinski definition) is 6. The fourth-order valence-electron chi connectivity index (χ4n) is 3.20. The number of allylic oxidation sites excluding steroid dienone is 2. The molecule has 0 saturated carbocycles. The van der Waals surface area contributed by atoms with Crippen molar-refractivity contribution in [3.05, 3.63) is 88.5 Å². The van der Waals surface area contributed by atoms with Gasteiger partial charge in [-0.05, 0) is 37.1 Å². The molecule has 0 aliphatic carbocycles. The molecule has 2 N–H and O–H groups in total. The zero-order valence-corrected chi connectivity index (χ0v) is 16.3. The van der Waals surface area contributed by atoms with Gasteiger partial charge in [-0.3, -0.25) is 0 Å². The maximum atomic E-state index is 12.9. The minimum Gasteiger partial charge on any atom is -0.494 e. The highest BCUT2D eigenvalue weighted by Gasteiger charge is 2.36. The molecule has 6 heteroatoms. The lowest BCUT2D eigenvalue weighted by molar-refractivity contribution is -0.140. The first-order chi connectivity index (χ1) is 14.0. The number of benzene rings is 2. The summed E-state index contributed by atoms with van der Waals surface area (Å²) in [5.74, 6) is -0.215. The maximum Gasteiger partial charge on any atom is 0.338 e. The van der Waals surface area contributed by atoms with E-state index in [-0.39, 0.29) is 23.6 Å². The summed E-state index contributed by atoms with van der Waals surface area (Å²) in [5.41, 5.74) is 7.96. The van der Waals surface area contributed by atoms with Crippen molar-refractivity contribution in [3.8, 4) is 11.8 Å². The van der Waals surface area contributed by atoms with Crippen LogP contribution in [0.1, 0.15) is 30.9 Å². The largest absolute Gasteiger partial charge is 0.494 e. The van der Waals surface area contributed by atoms with Crippen molar-refractivity contribution >= 4 is 5.97 Å². The first kappa shape index (κ1) is 20.0. The quantitative estimate of drug-likeness (QED) is 0.752. The molecule has 0 aromatic heterocycles. The van der Waals surface area contributed by atoms with Gasteiger partial charge in [-0.1, -0.05) is 42.5 Å². The first-order valence-electron chi connectivity index (χ1n) is 9.27. The van der Waals surface area contributed by atoms with Crippen molar-refractivity contribution < 1.29 is 19.0 Å². The molecule has 0 fully saturated rings. The Morgan fingerprint density at radius 3 is 2.48 bits per heavy atom. The Kier molecular flexibility index (Phi) is 6.20. The fourth-order valence-corrected chi connectivity index (χ4v) is 3.20. The molecule has 1 heterocycles. The average molecular weight is 390 g/mol. The molecular weight excluding hydrogens is 368 g/mol. The Morgan fingerprint density at radius 1 is 1.17 bits per heavy atom. The number of nitrogens with zero attached hydrogens (tertiary/aromatic N) is 1. The monoisotopic (exact) mass is 390 g/mol. The third-order valence-electron chi connectivity index (χ3n) is 4.56. The van der Waals surface area contributed by atoms with Crippen LogP contribution in [0, 0.1) is 11.3 Å². The van der Waals surface area contributed by atoms with E-state index in [1.54, 1.807) is 19.1 Å². The van der Waals surface area contributed by atoms with Crippen LogP contribution in [0.3, 0.4) is 0 Å². The van der Waals surface area contributed by atoms with Crippen LogP contribution in [0.4, 0.5) is 0 Å². The molecule has 1 aliphatic heterocycles. The number of rotatable bonds is 6. The molecule has 0 saturated heterocycles. The Labute approximate surface area is 169 Å². The number of nitriles is 1. The van der Waals surface area contributed by atoms with Gasteiger partial charge in [0.2, 0.25) is 5.88 Å². The van der Waals surface area contributed by atoms with E-state index >= 15 is 0 Å². The van der Waals surface area contributed by atoms with Crippen molar-refractivity contribution in [1.29, 1.82) is 5.26 Å². The van der Waals surface area contributed by atoms with Gasteiger partial charge in [0.25, 0.3) is 0 Å². The van der Waals surface area contributed by atoms with Crippen molar-refractivity contribution in [2.45, 2.75) is 26.4 Å². The molecule has 2 aromatic rings. The third-order valence-corrected chi connectivity index (χ3v) is 4.56. The standard InChI is InChI=1S/C23H22N2O4/c1-3-27-18-11-9-17(10-12-18)21-19(13-24)22(25)29-15(2)20(21)23(26)28-14-16-7-5-4-6-8-16/h4-12,21H,3,14,25H2,1-2H3/t21-/m1/s1. The van der Waals surface area contributed by atoms with Gasteiger partial charge in [0.05, 0.1) is 18.1 Å². The summed E-state index contributed by atoms with van der Waals surface area (Å²) in [5, 5.41) is 9.66. The average Bonchev–Trinajstić information content (AvgIpc) is 2.73. The summed E-state index contributed by atoms with van der Waals surface area (Å²) in [6, 6.07) is 18.7. The van der Waals surface area contributed by atoms with Gasteiger partial charge in [0, 0.05) is 0 Å². The highest BCUT2D eigenvalue weighted by atomic mass is 16.5. The molecule has 3 rings (SSSR count). The van der Waals surface area contributed by atoms with Crippen LogP contribution < -0.4 is 10.5 Å². The first-order valence-corrected chi connectivity index (χ1v) is 9.27. The second-order valence-electron chi connectivity index (χ2n) is 6.46. The van der Waals surface area contributed by atoms with E-state index in [1.807, 2.05) is 49.4 Å².